The molecule has 2 aliphatic carbocycles. The second-order valence-corrected chi connectivity index (χ2v) is 9.59. The fraction of sp³-hybridized carbons (Fsp3) is 0.400. The van der Waals surface area contributed by atoms with E-state index in [1.165, 1.54) is 23.1 Å². The van der Waals surface area contributed by atoms with E-state index in [0.717, 1.165) is 54.1 Å². The third-order valence-corrected chi connectivity index (χ3v) is 7.51. The van der Waals surface area contributed by atoms with Crippen LogP contribution in [0.5, 0.6) is 0 Å². The second kappa shape index (κ2) is 7.92. The summed E-state index contributed by atoms with van der Waals surface area (Å²) in [7, 11) is 0. The van der Waals surface area contributed by atoms with Gasteiger partial charge in [0.15, 0.2) is 5.16 Å². The number of nitrogens with zero attached hydrogens (tertiary/aromatic N) is 3. The topological polar surface area (TPSA) is 116 Å². The molecule has 0 aromatic carbocycles. The van der Waals surface area contributed by atoms with E-state index >= 15 is 0 Å². The summed E-state index contributed by atoms with van der Waals surface area (Å²) in [4.78, 5) is 25.7. The lowest BCUT2D eigenvalue weighted by Gasteiger charge is -2.09. The molecule has 156 valence electrons. The van der Waals surface area contributed by atoms with Gasteiger partial charge in [0.1, 0.15) is 16.6 Å². The molecule has 0 spiro atoms. The predicted octanol–water partition coefficient (Wildman–Crippen LogP) is 3.18. The van der Waals surface area contributed by atoms with Crippen LogP contribution in [0.3, 0.4) is 0 Å². The number of hydrogen-bond donors (Lipinski definition) is 2. The van der Waals surface area contributed by atoms with Gasteiger partial charge in [-0.05, 0) is 49.8 Å². The van der Waals surface area contributed by atoms with Crippen molar-refractivity contribution in [3.05, 3.63) is 46.0 Å². The Morgan fingerprint density at radius 1 is 1.33 bits per heavy atom. The highest BCUT2D eigenvalue weighted by Gasteiger charge is 2.31. The first-order chi connectivity index (χ1) is 14.6. The zero-order valence-electron chi connectivity index (χ0n) is 16.2. The van der Waals surface area contributed by atoms with Crippen LogP contribution in [0.4, 0.5) is 5.00 Å². The average Bonchev–Trinajstić information content (AvgIpc) is 3.07. The molecular formula is C20H21N5O3S2. The molecule has 2 amide bonds. The number of thioether (sulfide) groups is 1. The summed E-state index contributed by atoms with van der Waals surface area (Å²) in [6.07, 6.45) is 6.67. The van der Waals surface area contributed by atoms with Crippen LogP contribution in [0.15, 0.2) is 28.0 Å². The smallest absolute Gasteiger partial charge is 0.251 e. The van der Waals surface area contributed by atoms with Gasteiger partial charge in [-0.1, -0.05) is 11.8 Å². The Labute approximate surface area is 181 Å². The monoisotopic (exact) mass is 443 g/mol. The van der Waals surface area contributed by atoms with Gasteiger partial charge in [0.25, 0.3) is 5.91 Å². The molecule has 8 nitrogen and oxygen atoms in total. The average molecular weight is 444 g/mol. The largest absolute Gasteiger partial charge is 0.467 e. The highest BCUT2D eigenvalue weighted by atomic mass is 32.2. The van der Waals surface area contributed by atoms with Gasteiger partial charge in [0.05, 0.1) is 24.1 Å². The number of primary amides is 1. The van der Waals surface area contributed by atoms with Crippen molar-refractivity contribution in [1.82, 2.24) is 14.8 Å². The van der Waals surface area contributed by atoms with Crippen LogP contribution >= 0.6 is 23.1 Å². The van der Waals surface area contributed by atoms with Crippen molar-refractivity contribution >= 4 is 39.9 Å². The number of aromatic nitrogens is 3. The van der Waals surface area contributed by atoms with Crippen molar-refractivity contribution in [3.8, 4) is 0 Å². The van der Waals surface area contributed by atoms with Crippen LogP contribution in [0.25, 0.3) is 0 Å². The molecule has 10 heteroatoms. The van der Waals surface area contributed by atoms with Crippen LogP contribution < -0.4 is 11.1 Å². The number of hydrogen-bond acceptors (Lipinski definition) is 7. The maximum Gasteiger partial charge on any atom is 0.251 e. The Morgan fingerprint density at radius 3 is 2.93 bits per heavy atom. The lowest BCUT2D eigenvalue weighted by Crippen LogP contribution is -2.19. The van der Waals surface area contributed by atoms with E-state index in [4.69, 9.17) is 10.2 Å². The number of aryl methyl sites for hydroxylation is 1. The van der Waals surface area contributed by atoms with Crippen molar-refractivity contribution in [2.45, 2.75) is 49.7 Å². The van der Waals surface area contributed by atoms with Gasteiger partial charge in [0.2, 0.25) is 5.91 Å². The Kier molecular flexibility index (Phi) is 5.11. The maximum atomic E-state index is 12.6. The van der Waals surface area contributed by atoms with E-state index in [1.54, 1.807) is 6.26 Å². The number of nitrogens with one attached hydrogen (secondary N) is 1. The first-order valence-electron chi connectivity index (χ1n) is 9.92. The Bertz CT molecular complexity index is 1100. The Balaban J connectivity index is 1.29. The van der Waals surface area contributed by atoms with Crippen LogP contribution in [0.1, 0.15) is 57.6 Å². The molecule has 3 aromatic heterocycles. The van der Waals surface area contributed by atoms with Gasteiger partial charge in [-0.3, -0.25) is 14.2 Å². The number of fused-ring (bicyclic) bond motifs is 1. The number of nitrogens with two attached hydrogens (primary N) is 1. The molecule has 2 aliphatic rings. The molecule has 3 aromatic rings. The van der Waals surface area contributed by atoms with Crippen LogP contribution in [-0.4, -0.2) is 32.3 Å². The number of rotatable bonds is 8. The first kappa shape index (κ1) is 19.4. The van der Waals surface area contributed by atoms with E-state index < -0.39 is 5.91 Å². The summed E-state index contributed by atoms with van der Waals surface area (Å²) in [5.74, 6) is 1.69. The molecule has 5 rings (SSSR count). The zero-order valence-corrected chi connectivity index (χ0v) is 17.9. The van der Waals surface area contributed by atoms with Gasteiger partial charge in [-0.25, -0.2) is 0 Å². The summed E-state index contributed by atoms with van der Waals surface area (Å²) in [5.41, 5.74) is 7.05. The summed E-state index contributed by atoms with van der Waals surface area (Å²) in [6, 6.07) is 3.77. The number of carbonyl (C=O) groups excluding carboxylic acids is 2. The van der Waals surface area contributed by atoms with E-state index in [-0.39, 0.29) is 11.7 Å². The van der Waals surface area contributed by atoms with Crippen molar-refractivity contribution in [2.75, 3.05) is 11.1 Å². The van der Waals surface area contributed by atoms with Gasteiger partial charge in [0, 0.05) is 10.8 Å². The molecule has 0 radical (unpaired) electrons. The molecule has 0 aliphatic heterocycles. The lowest BCUT2D eigenvalue weighted by atomic mass is 10.1. The third kappa shape index (κ3) is 3.77. The number of thiophene rings is 1. The van der Waals surface area contributed by atoms with E-state index in [9.17, 15) is 9.59 Å². The molecule has 1 fully saturated rings. The molecule has 0 unspecified atom stereocenters. The Hall–Kier alpha value is -2.59. The molecule has 0 saturated heterocycles. The predicted molar refractivity (Wildman–Crippen MR) is 114 cm³/mol. The fourth-order valence-corrected chi connectivity index (χ4v) is 5.86. The standard InChI is InChI=1S/C20H21N5O3S2/c21-17(27)16-13-4-1-5-14(13)30-19(16)22-15(26)10-29-20-24-23-18(11-6-7-11)25(20)9-12-3-2-8-28-12/h2-3,8,11H,1,4-7,9-10H2,(H2,21,27)(H,22,26). The quantitative estimate of drug-likeness (QED) is 0.517. The summed E-state index contributed by atoms with van der Waals surface area (Å²) >= 11 is 2.79. The lowest BCUT2D eigenvalue weighted by molar-refractivity contribution is -0.113. The van der Waals surface area contributed by atoms with Crippen LogP contribution in [0, 0.1) is 0 Å². The fourth-order valence-electron chi connectivity index (χ4n) is 3.80. The van der Waals surface area contributed by atoms with E-state index in [0.29, 0.717) is 28.2 Å². The maximum absolute atomic E-state index is 12.6. The number of amides is 2. The highest BCUT2D eigenvalue weighted by Crippen LogP contribution is 2.41. The van der Waals surface area contributed by atoms with E-state index in [2.05, 4.69) is 15.5 Å². The number of furan rings is 1. The van der Waals surface area contributed by atoms with Crippen LogP contribution in [0.2, 0.25) is 0 Å². The molecule has 0 bridgehead atoms. The minimum atomic E-state index is -0.482. The van der Waals surface area contributed by atoms with Crippen molar-refractivity contribution in [3.63, 3.8) is 0 Å². The van der Waals surface area contributed by atoms with Gasteiger partial charge < -0.3 is 15.5 Å². The van der Waals surface area contributed by atoms with Gasteiger partial charge >= 0.3 is 0 Å². The van der Waals surface area contributed by atoms with Crippen molar-refractivity contribution in [2.24, 2.45) is 5.73 Å². The number of carbonyl (C=O) groups is 2. The van der Waals surface area contributed by atoms with Gasteiger partial charge in [-0.15, -0.1) is 21.5 Å². The molecule has 1 saturated carbocycles. The summed E-state index contributed by atoms with van der Waals surface area (Å²) in [6.45, 7) is 0.541. The molecule has 3 heterocycles. The number of anilines is 1. The normalized spacial score (nSPS) is 15.3. The highest BCUT2D eigenvalue weighted by molar-refractivity contribution is 7.99. The van der Waals surface area contributed by atoms with Crippen LogP contribution in [-0.2, 0) is 24.2 Å². The minimum absolute atomic E-state index is 0.168. The van der Waals surface area contributed by atoms with Crippen molar-refractivity contribution < 1.29 is 14.0 Å². The van der Waals surface area contributed by atoms with Gasteiger partial charge in [-0.2, -0.15) is 0 Å². The molecule has 30 heavy (non-hydrogen) atoms. The SMILES string of the molecule is NC(=O)c1c(NC(=O)CSc2nnc(C3CC3)n2Cc2ccco2)sc2c1CCC2. The van der Waals surface area contributed by atoms with Crippen molar-refractivity contribution in [1.29, 1.82) is 0 Å². The van der Waals surface area contributed by atoms with E-state index in [1.807, 2.05) is 16.7 Å². The molecular weight excluding hydrogens is 422 g/mol. The zero-order chi connectivity index (χ0) is 20.7. The molecule has 3 N–H and O–H groups in total. The summed E-state index contributed by atoms with van der Waals surface area (Å²) in [5, 5.41) is 12.8. The Morgan fingerprint density at radius 2 is 2.20 bits per heavy atom. The first-order valence-corrected chi connectivity index (χ1v) is 11.7. The summed E-state index contributed by atoms with van der Waals surface area (Å²) < 4.78 is 7.51. The second-order valence-electron chi connectivity index (χ2n) is 7.54. The minimum Gasteiger partial charge on any atom is -0.467 e. The third-order valence-electron chi connectivity index (χ3n) is 5.34. The molecule has 0 atom stereocenters.